The van der Waals surface area contributed by atoms with Crippen LogP contribution in [0.2, 0.25) is 0 Å². The molecular weight excluding hydrogens is 675 g/mol. The lowest BCUT2D eigenvalue weighted by Gasteiger charge is -2.13. The molecule has 1 heterocycles. The molecule has 11 heteroatoms. The molecule has 0 radical (unpaired) electrons. The van der Waals surface area contributed by atoms with Crippen LogP contribution in [-0.4, -0.2) is 34.7 Å². The van der Waals surface area contributed by atoms with Crippen molar-refractivity contribution >= 4 is 58.7 Å². The van der Waals surface area contributed by atoms with Gasteiger partial charge in [0.05, 0.1) is 17.4 Å². The average molecular weight is 710 g/mol. The zero-order chi connectivity index (χ0) is 36.3. The molecule has 0 aromatic heterocycles. The normalized spacial score (nSPS) is 13.2. The number of ether oxygens (including phenoxy) is 1. The molecule has 1 aliphatic heterocycles. The van der Waals surface area contributed by atoms with Crippen LogP contribution in [-0.2, 0) is 21.0 Å². The van der Waals surface area contributed by atoms with E-state index in [1.807, 2.05) is 66.7 Å². The molecule has 6 rings (SSSR count). The van der Waals surface area contributed by atoms with Crippen LogP contribution in [0.4, 0.5) is 11.4 Å². The first-order valence-electron chi connectivity index (χ1n) is 16.5. The minimum Gasteiger partial charge on any atom is -0.489 e. The van der Waals surface area contributed by atoms with E-state index < -0.39 is 17.1 Å². The van der Waals surface area contributed by atoms with Crippen LogP contribution in [0.5, 0.6) is 5.75 Å². The van der Waals surface area contributed by atoms with E-state index in [0.29, 0.717) is 40.7 Å². The Bertz CT molecular complexity index is 2090. The number of benzene rings is 5. The number of anilines is 2. The maximum Gasteiger partial charge on any atom is 0.272 e. The molecule has 3 N–H and O–H groups in total. The molecule has 1 atom stereocenters. The van der Waals surface area contributed by atoms with Crippen LogP contribution < -0.4 is 25.7 Å². The Morgan fingerprint density at radius 2 is 1.44 bits per heavy atom. The number of thioether (sulfide) groups is 1. The smallest absolute Gasteiger partial charge is 0.272 e. The number of carbonyl (C=O) groups is 4. The Balaban J connectivity index is 1.08. The Kier molecular flexibility index (Phi) is 11.5. The van der Waals surface area contributed by atoms with Gasteiger partial charge < -0.3 is 20.7 Å². The Morgan fingerprint density at radius 1 is 0.808 bits per heavy atom. The van der Waals surface area contributed by atoms with Gasteiger partial charge in [0.25, 0.3) is 17.7 Å². The summed E-state index contributed by atoms with van der Waals surface area (Å²) in [6.07, 6.45) is 1.60. The molecule has 0 spiro atoms. The summed E-state index contributed by atoms with van der Waals surface area (Å²) in [6.45, 7) is 2.18. The maximum absolute atomic E-state index is 13.5. The van der Waals surface area contributed by atoms with Crippen molar-refractivity contribution in [2.24, 2.45) is 5.10 Å². The van der Waals surface area contributed by atoms with Gasteiger partial charge in [-0.1, -0.05) is 78.9 Å². The van der Waals surface area contributed by atoms with E-state index in [0.717, 1.165) is 10.5 Å². The van der Waals surface area contributed by atoms with Crippen molar-refractivity contribution in [1.29, 1.82) is 0 Å². The Labute approximate surface area is 305 Å². The van der Waals surface area contributed by atoms with Crippen LogP contribution in [0.15, 0.2) is 155 Å². The van der Waals surface area contributed by atoms with Crippen LogP contribution in [0.25, 0.3) is 6.08 Å². The number of amidine groups is 1. The highest BCUT2D eigenvalue weighted by atomic mass is 32.2. The molecule has 1 aliphatic rings. The third kappa shape index (κ3) is 9.61. The topological polar surface area (TPSA) is 129 Å². The van der Waals surface area contributed by atoms with E-state index in [1.54, 1.807) is 85.8 Å². The lowest BCUT2D eigenvalue weighted by Crippen LogP contribution is -2.35. The number of carbonyl (C=O) groups excluding carboxylic acids is 4. The lowest BCUT2D eigenvalue weighted by atomic mass is 10.1. The number of nitrogens with zero attached hydrogens (tertiary/aromatic N) is 2. The number of amides is 4. The van der Waals surface area contributed by atoms with Crippen LogP contribution >= 0.6 is 11.8 Å². The highest BCUT2D eigenvalue weighted by Crippen LogP contribution is 2.26. The van der Waals surface area contributed by atoms with Crippen molar-refractivity contribution in [1.82, 2.24) is 10.6 Å². The van der Waals surface area contributed by atoms with Gasteiger partial charge in [-0.05, 0) is 84.8 Å². The van der Waals surface area contributed by atoms with E-state index in [1.165, 1.54) is 16.8 Å². The molecular formula is C41H35N5O5S. The monoisotopic (exact) mass is 709 g/mol. The van der Waals surface area contributed by atoms with Crippen molar-refractivity contribution in [3.63, 3.8) is 0 Å². The number of nitrogens with one attached hydrogen (secondary N) is 3. The second kappa shape index (κ2) is 17.0. The number of rotatable bonds is 12. The first kappa shape index (κ1) is 35.4. The predicted octanol–water partition coefficient (Wildman–Crippen LogP) is 7.02. The zero-order valence-electron chi connectivity index (χ0n) is 28.2. The third-order valence-electron chi connectivity index (χ3n) is 7.81. The standard InChI is InChI=1S/C41H35N5O5S/c1-28(39(48)44-37-26-38(47)46(45-37)33-15-9-4-10-16-33)52-35-23-19-32(20-24-35)42-41(50)36(43-40(49)31-13-7-3-8-14-31)25-29-17-21-34(22-18-29)51-27-30-11-5-2-6-12-30/h2-25,28H,26-27H2,1H3,(H,42,50)(H,43,49)(H,44,45,48)/b36-25-. The van der Waals surface area contributed by atoms with Gasteiger partial charge in [-0.25, -0.2) is 0 Å². The van der Waals surface area contributed by atoms with Gasteiger partial charge in [0.2, 0.25) is 5.91 Å². The van der Waals surface area contributed by atoms with Gasteiger partial charge in [0.1, 0.15) is 23.9 Å². The first-order chi connectivity index (χ1) is 25.3. The fourth-order valence-electron chi connectivity index (χ4n) is 5.10. The Hall–Kier alpha value is -6.46. The zero-order valence-corrected chi connectivity index (χ0v) is 29.0. The molecule has 260 valence electrons. The van der Waals surface area contributed by atoms with E-state index in [-0.39, 0.29) is 23.9 Å². The van der Waals surface area contributed by atoms with E-state index in [4.69, 9.17) is 4.74 Å². The highest BCUT2D eigenvalue weighted by Gasteiger charge is 2.27. The molecule has 5 aromatic rings. The molecule has 5 aromatic carbocycles. The fraction of sp³-hybridized carbons (Fsp3) is 0.0976. The van der Waals surface area contributed by atoms with Gasteiger partial charge in [0.15, 0.2) is 0 Å². The van der Waals surface area contributed by atoms with E-state index in [2.05, 4.69) is 21.1 Å². The van der Waals surface area contributed by atoms with Gasteiger partial charge >= 0.3 is 0 Å². The predicted molar refractivity (Wildman–Crippen MR) is 204 cm³/mol. The summed E-state index contributed by atoms with van der Waals surface area (Å²) in [5.41, 5.74) is 3.32. The van der Waals surface area contributed by atoms with Gasteiger partial charge in [0, 0.05) is 16.1 Å². The van der Waals surface area contributed by atoms with E-state index >= 15 is 0 Å². The summed E-state index contributed by atoms with van der Waals surface area (Å²) in [5.74, 6) is -0.493. The summed E-state index contributed by atoms with van der Waals surface area (Å²) in [4.78, 5) is 52.8. The van der Waals surface area contributed by atoms with E-state index in [9.17, 15) is 19.2 Å². The molecule has 4 amide bonds. The summed E-state index contributed by atoms with van der Waals surface area (Å²) in [6, 6.07) is 41.8. The van der Waals surface area contributed by atoms with Crippen LogP contribution in [0.1, 0.15) is 34.8 Å². The first-order valence-corrected chi connectivity index (χ1v) is 17.4. The number of hydrazone groups is 1. The molecule has 0 bridgehead atoms. The van der Waals surface area contributed by atoms with Crippen molar-refractivity contribution in [2.75, 3.05) is 10.3 Å². The molecule has 0 aliphatic carbocycles. The molecule has 0 saturated carbocycles. The quantitative estimate of drug-likeness (QED) is 0.0944. The minimum absolute atomic E-state index is 0.00311. The van der Waals surface area contributed by atoms with Crippen molar-refractivity contribution in [3.05, 3.63) is 162 Å². The molecule has 0 saturated heterocycles. The average Bonchev–Trinajstić information content (AvgIpc) is 3.55. The molecule has 0 fully saturated rings. The molecule has 10 nitrogen and oxygen atoms in total. The van der Waals surface area contributed by atoms with Gasteiger partial charge in [-0.15, -0.1) is 11.8 Å². The van der Waals surface area contributed by atoms with Crippen LogP contribution in [0.3, 0.4) is 0 Å². The third-order valence-corrected chi connectivity index (χ3v) is 8.92. The molecule has 52 heavy (non-hydrogen) atoms. The lowest BCUT2D eigenvalue weighted by molar-refractivity contribution is -0.119. The summed E-state index contributed by atoms with van der Waals surface area (Å²) in [5, 5.41) is 13.4. The SMILES string of the molecule is CC(Sc1ccc(NC(=O)/C(=C/c2ccc(OCc3ccccc3)cc2)NC(=O)c2ccccc2)cc1)C(=O)NC1=NN(c2ccccc2)C(=O)C1. The number of para-hydroxylation sites is 1. The fourth-order valence-corrected chi connectivity index (χ4v) is 5.96. The summed E-state index contributed by atoms with van der Waals surface area (Å²) >= 11 is 1.32. The maximum atomic E-state index is 13.5. The summed E-state index contributed by atoms with van der Waals surface area (Å²) in [7, 11) is 0. The van der Waals surface area contributed by atoms with Gasteiger partial charge in [-0.2, -0.15) is 10.1 Å². The summed E-state index contributed by atoms with van der Waals surface area (Å²) < 4.78 is 5.89. The molecule has 1 unspecified atom stereocenters. The highest BCUT2D eigenvalue weighted by molar-refractivity contribution is 8.00. The number of hydrogen-bond acceptors (Lipinski definition) is 7. The minimum atomic E-state index is -0.515. The largest absolute Gasteiger partial charge is 0.489 e. The van der Waals surface area contributed by atoms with Crippen LogP contribution in [0, 0.1) is 0 Å². The second-order valence-corrected chi connectivity index (χ2v) is 13.1. The van der Waals surface area contributed by atoms with Gasteiger partial charge in [-0.3, -0.25) is 19.2 Å². The van der Waals surface area contributed by atoms with Crippen molar-refractivity contribution < 1.29 is 23.9 Å². The van der Waals surface area contributed by atoms with Crippen molar-refractivity contribution in [3.8, 4) is 5.75 Å². The number of hydrogen-bond donors (Lipinski definition) is 3. The Morgan fingerprint density at radius 3 is 2.12 bits per heavy atom. The van der Waals surface area contributed by atoms with Crippen molar-refractivity contribution in [2.45, 2.75) is 30.1 Å². The second-order valence-electron chi connectivity index (χ2n) is 11.7.